The van der Waals surface area contributed by atoms with E-state index in [-0.39, 0.29) is 42.4 Å². The first-order chi connectivity index (χ1) is 26.3. The van der Waals surface area contributed by atoms with Crippen LogP contribution >= 0.6 is 11.8 Å². The Morgan fingerprint density at radius 2 is 1.75 bits per heavy atom. The van der Waals surface area contributed by atoms with Crippen molar-refractivity contribution in [3.63, 3.8) is 0 Å². The number of methoxy groups -OCH3 is 2. The largest absolute Gasteiger partial charge is 0.504 e. The van der Waals surface area contributed by atoms with Gasteiger partial charge in [0.25, 0.3) is 0 Å². The molecule has 7 heterocycles. The van der Waals surface area contributed by atoms with Crippen molar-refractivity contribution in [2.45, 2.75) is 74.8 Å². The van der Waals surface area contributed by atoms with Gasteiger partial charge in [0.1, 0.15) is 18.6 Å². The van der Waals surface area contributed by atoms with Gasteiger partial charge in [0, 0.05) is 47.5 Å². The number of aliphatic hydroxyl groups excluding tert-OH is 1. The highest BCUT2D eigenvalue weighted by Gasteiger charge is 2.62. The Hall–Kier alpha value is -4.41. The van der Waals surface area contributed by atoms with Gasteiger partial charge in [0.05, 0.1) is 37.6 Å². The first kappa shape index (κ1) is 36.2. The lowest BCUT2D eigenvalue weighted by molar-refractivity contribution is -0.188. The Bertz CT molecular complexity index is 2160. The van der Waals surface area contributed by atoms with E-state index in [2.05, 4.69) is 4.90 Å². The number of benzene rings is 3. The number of aromatic hydroxyl groups is 2. The number of hydrogen-bond donors (Lipinski definition) is 3. The van der Waals surface area contributed by atoms with Gasteiger partial charge in [-0.2, -0.15) is 0 Å². The number of likely N-dealkylation sites (N-methyl/N-ethyl adjacent to an activating group) is 2. The maximum absolute atomic E-state index is 14.9. The number of aryl methyl sites for hydroxylation is 1. The van der Waals surface area contributed by atoms with Gasteiger partial charge in [-0.15, -0.1) is 11.8 Å². The lowest BCUT2D eigenvalue weighted by Crippen LogP contribution is -2.70. The van der Waals surface area contributed by atoms with Crippen LogP contribution in [0.5, 0.6) is 40.2 Å². The molecule has 15 heteroatoms. The second-order valence-electron chi connectivity index (χ2n) is 15.4. The minimum Gasteiger partial charge on any atom is -0.504 e. The van der Waals surface area contributed by atoms with E-state index in [0.717, 1.165) is 16.7 Å². The average Bonchev–Trinajstić information content (AvgIpc) is 3.64. The fourth-order valence-electron chi connectivity index (χ4n) is 10.3. The van der Waals surface area contributed by atoms with E-state index in [1.807, 2.05) is 43.8 Å². The second-order valence-corrected chi connectivity index (χ2v) is 16.5. The lowest BCUT2D eigenvalue weighted by atomic mass is 9.73. The molecule has 1 unspecified atom stereocenters. The van der Waals surface area contributed by atoms with Crippen molar-refractivity contribution in [1.29, 1.82) is 0 Å². The summed E-state index contributed by atoms with van der Waals surface area (Å²) in [5.41, 5.74) is 4.48. The summed E-state index contributed by atoms with van der Waals surface area (Å²) >= 11 is 1.49. The molecule has 7 aliphatic heterocycles. The topological polar surface area (TPSA) is 160 Å². The van der Waals surface area contributed by atoms with Crippen LogP contribution in [0.25, 0.3) is 0 Å². The number of hydrogen-bond acceptors (Lipinski definition) is 15. The summed E-state index contributed by atoms with van der Waals surface area (Å²) in [6.07, 6.45) is -0.00348. The fraction of sp³-hybridized carbons (Fsp3) is 0.500. The zero-order valence-electron chi connectivity index (χ0n) is 31.8. The van der Waals surface area contributed by atoms with E-state index >= 15 is 0 Å². The van der Waals surface area contributed by atoms with E-state index < -0.39 is 47.1 Å². The molecular weight excluding hydrogens is 731 g/mol. The SMILES string of the molecule is COc1cc2c(cc1O)CCN(C)[C@]21CS[C@@H]2c3c(OC(C)=O)c(C)c4c(c3[C@H](COC1=O)N1C2[C@H]2c3c(cc(C)c(OC)c3O)C[C@@H]([C@@H]1O)N2C)OCO4. The van der Waals surface area contributed by atoms with Crippen LogP contribution in [0.3, 0.4) is 0 Å². The molecule has 14 nitrogen and oxygen atoms in total. The van der Waals surface area contributed by atoms with Gasteiger partial charge < -0.3 is 43.7 Å². The molecule has 0 radical (unpaired) electrons. The molecular formula is C40H45N3O11S. The summed E-state index contributed by atoms with van der Waals surface area (Å²) in [5, 5.41) is 34.8. The van der Waals surface area contributed by atoms with E-state index in [1.54, 1.807) is 12.1 Å². The van der Waals surface area contributed by atoms with E-state index in [0.29, 0.717) is 70.2 Å². The van der Waals surface area contributed by atoms with E-state index in [9.17, 15) is 24.9 Å². The molecule has 2 fully saturated rings. The third-order valence-electron chi connectivity index (χ3n) is 12.8. The van der Waals surface area contributed by atoms with Crippen LogP contribution in [0.15, 0.2) is 18.2 Å². The number of rotatable bonds is 3. The van der Waals surface area contributed by atoms with E-state index in [4.69, 9.17) is 28.4 Å². The number of ether oxygens (including phenoxy) is 6. The van der Waals surface area contributed by atoms with Crippen LogP contribution in [-0.2, 0) is 32.7 Å². The van der Waals surface area contributed by atoms with Crippen LogP contribution in [0, 0.1) is 13.8 Å². The van der Waals surface area contributed by atoms with Crippen LogP contribution in [-0.4, -0.2) is 114 Å². The number of phenols is 2. The molecule has 55 heavy (non-hydrogen) atoms. The summed E-state index contributed by atoms with van der Waals surface area (Å²) in [7, 11) is 6.87. The predicted octanol–water partition coefficient (Wildman–Crippen LogP) is 3.76. The van der Waals surface area contributed by atoms with Crippen molar-refractivity contribution in [3.05, 3.63) is 62.7 Å². The number of carbonyl (C=O) groups is 2. The van der Waals surface area contributed by atoms with Gasteiger partial charge in [0.2, 0.25) is 6.79 Å². The van der Waals surface area contributed by atoms with Gasteiger partial charge in [0.15, 0.2) is 40.0 Å². The highest BCUT2D eigenvalue weighted by atomic mass is 32.2. The first-order valence-electron chi connectivity index (χ1n) is 18.4. The standard InChI is InChI=1S/C40H45N3O11S/c1-17-10-21-11-23-38(47)43-24-14-51-39(48)40(22-13-26(49-6)25(45)12-20(22)8-9-41(40)4)15-55-37(31(43)30(42(23)5)27(21)32(46)33(17)50-7)29-28(24)36-35(52-16-53-36)18(2)34(29)54-19(3)44/h10,12-13,23-24,30-31,37-38,45-47H,8-9,11,14-16H2,1-7H3/t23-,24-,30+,31?,37+,38-,40+/m0/s1. The zero-order chi connectivity index (χ0) is 38.8. The highest BCUT2D eigenvalue weighted by molar-refractivity contribution is 7.99. The molecule has 3 N–H and O–H groups in total. The molecule has 0 amide bonds. The summed E-state index contributed by atoms with van der Waals surface area (Å²) in [4.78, 5) is 34.0. The van der Waals surface area contributed by atoms with Crippen LogP contribution < -0.4 is 23.7 Å². The molecule has 3 aromatic rings. The minimum absolute atomic E-state index is 0.0155. The van der Waals surface area contributed by atoms with Gasteiger partial charge in [-0.25, -0.2) is 4.79 Å². The van der Waals surface area contributed by atoms with Crippen LogP contribution in [0.1, 0.15) is 68.8 Å². The smallest absolute Gasteiger partial charge is 0.332 e. The molecule has 0 aliphatic carbocycles. The number of thioether (sulfide) groups is 1. The van der Waals surface area contributed by atoms with Crippen molar-refractivity contribution < 1.29 is 53.3 Å². The normalized spacial score (nSPS) is 29.5. The molecule has 4 bridgehead atoms. The number of nitrogens with zero attached hydrogens (tertiary/aromatic N) is 3. The minimum atomic E-state index is -1.32. The fourth-order valence-corrected chi connectivity index (χ4v) is 12.1. The Balaban J connectivity index is 1.33. The predicted molar refractivity (Wildman–Crippen MR) is 199 cm³/mol. The van der Waals surface area contributed by atoms with Crippen molar-refractivity contribution in [1.82, 2.24) is 14.7 Å². The Labute approximate surface area is 322 Å². The van der Waals surface area contributed by atoms with Crippen molar-refractivity contribution in [2.24, 2.45) is 0 Å². The summed E-state index contributed by atoms with van der Waals surface area (Å²) in [5.74, 6) is 1.05. The van der Waals surface area contributed by atoms with Gasteiger partial charge in [-0.05, 0) is 75.2 Å². The van der Waals surface area contributed by atoms with Crippen molar-refractivity contribution >= 4 is 23.7 Å². The maximum Gasteiger partial charge on any atom is 0.332 e. The van der Waals surface area contributed by atoms with Gasteiger partial charge in [-0.1, -0.05) is 6.07 Å². The number of carbonyl (C=O) groups excluding carboxylic acids is 2. The number of aliphatic hydroxyl groups is 1. The Kier molecular flexibility index (Phi) is 8.44. The van der Waals surface area contributed by atoms with Crippen LogP contribution in [0.4, 0.5) is 0 Å². The summed E-state index contributed by atoms with van der Waals surface area (Å²) in [6.45, 7) is 5.35. The molecule has 2 saturated heterocycles. The molecule has 10 rings (SSSR count). The number of piperazine rings is 1. The number of esters is 2. The molecule has 0 saturated carbocycles. The molecule has 7 atom stereocenters. The van der Waals surface area contributed by atoms with Crippen LogP contribution in [0.2, 0.25) is 0 Å². The number of phenolic OH excluding ortho intramolecular Hbond substituents is 2. The Morgan fingerprint density at radius 3 is 2.47 bits per heavy atom. The summed E-state index contributed by atoms with van der Waals surface area (Å²) in [6, 6.07) is 3.19. The van der Waals surface area contributed by atoms with Gasteiger partial charge >= 0.3 is 11.9 Å². The monoisotopic (exact) mass is 775 g/mol. The lowest BCUT2D eigenvalue weighted by Gasteiger charge is -2.62. The van der Waals surface area contributed by atoms with Crippen molar-refractivity contribution in [2.75, 3.05) is 54.0 Å². The molecule has 292 valence electrons. The van der Waals surface area contributed by atoms with Crippen molar-refractivity contribution in [3.8, 4) is 40.2 Å². The van der Waals surface area contributed by atoms with Gasteiger partial charge in [-0.3, -0.25) is 19.5 Å². The molecule has 3 aromatic carbocycles. The molecule has 7 aliphatic rings. The molecule has 0 aromatic heterocycles. The second kappa shape index (κ2) is 12.8. The van der Waals surface area contributed by atoms with E-state index in [1.165, 1.54) is 32.9 Å². The number of fused-ring (bicyclic) bond motifs is 9. The Morgan fingerprint density at radius 1 is 0.982 bits per heavy atom. The first-order valence-corrected chi connectivity index (χ1v) is 19.5. The average molecular weight is 776 g/mol. The highest BCUT2D eigenvalue weighted by Crippen LogP contribution is 2.64. The third-order valence-corrected chi connectivity index (χ3v) is 14.2. The third kappa shape index (κ3) is 4.89. The maximum atomic E-state index is 14.9. The summed E-state index contributed by atoms with van der Waals surface area (Å²) < 4.78 is 36.1. The quantitative estimate of drug-likeness (QED) is 0.261. The molecule has 1 spiro atoms. The zero-order valence-corrected chi connectivity index (χ0v) is 32.6.